The molecule has 4 heteroatoms. The fourth-order valence-corrected chi connectivity index (χ4v) is 2.50. The summed E-state index contributed by atoms with van der Waals surface area (Å²) in [5.74, 6) is 0.0743. The van der Waals surface area contributed by atoms with Crippen molar-refractivity contribution in [1.82, 2.24) is 0 Å². The maximum absolute atomic E-state index is 13.7. The number of nitrogens with one attached hydrogen (secondary N) is 1. The number of hydrogen-bond donors (Lipinski definition) is 2. The van der Waals surface area contributed by atoms with Crippen molar-refractivity contribution in [1.29, 1.82) is 0 Å². The van der Waals surface area contributed by atoms with Gasteiger partial charge in [-0.05, 0) is 37.4 Å². The number of rotatable bonds is 3. The molecule has 3 N–H and O–H groups in total. The van der Waals surface area contributed by atoms with Crippen molar-refractivity contribution in [3.8, 4) is 0 Å². The molecule has 1 aliphatic rings. The smallest absolute Gasteiger partial charge is 0.164 e. The molecule has 2 atom stereocenters. The molecule has 0 spiro atoms. The minimum absolute atomic E-state index is 0.160. The summed E-state index contributed by atoms with van der Waals surface area (Å²) < 4.78 is 13.7. The zero-order valence-electron chi connectivity index (χ0n) is 9.05. The lowest BCUT2D eigenvalue weighted by Gasteiger charge is -2.21. The molecule has 1 fully saturated rings. The van der Waals surface area contributed by atoms with E-state index < -0.39 is 0 Å². The van der Waals surface area contributed by atoms with Gasteiger partial charge in [-0.15, -0.1) is 0 Å². The van der Waals surface area contributed by atoms with E-state index in [1.165, 1.54) is 0 Å². The maximum Gasteiger partial charge on any atom is 0.164 e. The number of halogens is 2. The van der Waals surface area contributed by atoms with Crippen LogP contribution < -0.4 is 11.1 Å². The van der Waals surface area contributed by atoms with Gasteiger partial charge in [0.25, 0.3) is 0 Å². The highest BCUT2D eigenvalue weighted by molar-refractivity contribution is 6.31. The third kappa shape index (κ3) is 2.30. The lowest BCUT2D eigenvalue weighted by molar-refractivity contribution is 0.513. The summed E-state index contributed by atoms with van der Waals surface area (Å²) in [4.78, 5) is 0. The molecule has 0 bridgehead atoms. The Balaban J connectivity index is 2.11. The molecular weight excluding hydrogens is 227 g/mol. The largest absolute Gasteiger partial charge is 0.380 e. The lowest BCUT2D eigenvalue weighted by Crippen LogP contribution is -2.29. The highest BCUT2D eigenvalue weighted by atomic mass is 35.5. The second-order valence-corrected chi connectivity index (χ2v) is 4.69. The van der Waals surface area contributed by atoms with E-state index in [-0.39, 0.29) is 16.9 Å². The van der Waals surface area contributed by atoms with Crippen LogP contribution in [0.1, 0.15) is 19.3 Å². The zero-order valence-corrected chi connectivity index (χ0v) is 9.80. The van der Waals surface area contributed by atoms with E-state index in [1.807, 2.05) is 0 Å². The molecule has 16 heavy (non-hydrogen) atoms. The van der Waals surface area contributed by atoms with Gasteiger partial charge < -0.3 is 11.1 Å². The average Bonchev–Trinajstić information content (AvgIpc) is 2.72. The molecule has 0 aliphatic heterocycles. The Morgan fingerprint density at radius 3 is 3.00 bits per heavy atom. The minimum atomic E-state index is -0.369. The topological polar surface area (TPSA) is 38.0 Å². The predicted octanol–water partition coefficient (Wildman–Crippen LogP) is 3.02. The molecule has 1 aromatic rings. The molecule has 88 valence electrons. The molecule has 2 rings (SSSR count). The first kappa shape index (κ1) is 11.7. The van der Waals surface area contributed by atoms with Crippen molar-refractivity contribution >= 4 is 17.3 Å². The Kier molecular flexibility index (Phi) is 3.66. The van der Waals surface area contributed by atoms with Crippen LogP contribution in [0.4, 0.5) is 10.1 Å². The molecular formula is C12H16ClFN2. The third-order valence-electron chi connectivity index (χ3n) is 3.25. The standard InChI is InChI=1S/C12H16ClFN2/c13-9-4-2-6-11(12(9)14)16-10-5-1-3-8(10)7-15/h2,4,6,8,10,16H,1,3,5,7,15H2. The fraction of sp³-hybridized carbons (Fsp3) is 0.500. The molecule has 2 unspecified atom stereocenters. The second-order valence-electron chi connectivity index (χ2n) is 4.28. The van der Waals surface area contributed by atoms with Gasteiger partial charge in [0.15, 0.2) is 5.82 Å². The van der Waals surface area contributed by atoms with E-state index in [0.29, 0.717) is 18.2 Å². The van der Waals surface area contributed by atoms with Gasteiger partial charge in [-0.2, -0.15) is 0 Å². The van der Waals surface area contributed by atoms with Crippen LogP contribution in [0.3, 0.4) is 0 Å². The Morgan fingerprint density at radius 2 is 2.25 bits per heavy atom. The Bertz CT molecular complexity index is 370. The number of anilines is 1. The number of hydrogen-bond acceptors (Lipinski definition) is 2. The molecule has 1 saturated carbocycles. The summed E-state index contributed by atoms with van der Waals surface area (Å²) >= 11 is 5.73. The van der Waals surface area contributed by atoms with E-state index in [9.17, 15) is 4.39 Å². The first-order valence-electron chi connectivity index (χ1n) is 5.63. The van der Waals surface area contributed by atoms with Gasteiger partial charge in [0.1, 0.15) is 0 Å². The molecule has 0 aromatic heterocycles. The van der Waals surface area contributed by atoms with Crippen molar-refractivity contribution in [3.63, 3.8) is 0 Å². The van der Waals surface area contributed by atoms with Crippen molar-refractivity contribution < 1.29 is 4.39 Å². The highest BCUT2D eigenvalue weighted by Gasteiger charge is 2.26. The molecule has 0 saturated heterocycles. The van der Waals surface area contributed by atoms with E-state index >= 15 is 0 Å². The molecule has 2 nitrogen and oxygen atoms in total. The van der Waals surface area contributed by atoms with Crippen molar-refractivity contribution in [2.24, 2.45) is 11.7 Å². The maximum atomic E-state index is 13.7. The summed E-state index contributed by atoms with van der Waals surface area (Å²) in [5, 5.41) is 3.37. The quantitative estimate of drug-likeness (QED) is 0.855. The SMILES string of the molecule is NCC1CCCC1Nc1cccc(Cl)c1F. The summed E-state index contributed by atoms with van der Waals surface area (Å²) in [6.45, 7) is 0.653. The molecule has 1 aliphatic carbocycles. The van der Waals surface area contributed by atoms with Gasteiger partial charge in [0.05, 0.1) is 10.7 Å². The highest BCUT2D eigenvalue weighted by Crippen LogP contribution is 2.30. The minimum Gasteiger partial charge on any atom is -0.380 e. The van der Waals surface area contributed by atoms with Gasteiger partial charge in [0.2, 0.25) is 0 Å². The fourth-order valence-electron chi connectivity index (χ4n) is 2.32. The van der Waals surface area contributed by atoms with Crippen LogP contribution in [0.15, 0.2) is 18.2 Å². The zero-order chi connectivity index (χ0) is 11.5. The van der Waals surface area contributed by atoms with Crippen molar-refractivity contribution in [3.05, 3.63) is 29.0 Å². The van der Waals surface area contributed by atoms with Gasteiger partial charge in [-0.3, -0.25) is 0 Å². The van der Waals surface area contributed by atoms with E-state index in [4.69, 9.17) is 17.3 Å². The Hall–Kier alpha value is -0.800. The Labute approximate surface area is 100.0 Å². The number of nitrogens with two attached hydrogens (primary N) is 1. The van der Waals surface area contributed by atoms with Crippen LogP contribution in [0.2, 0.25) is 5.02 Å². The molecule has 1 aromatic carbocycles. The first-order chi connectivity index (χ1) is 7.72. The van der Waals surface area contributed by atoms with Crippen LogP contribution in [0.5, 0.6) is 0 Å². The van der Waals surface area contributed by atoms with E-state index in [0.717, 1.165) is 19.3 Å². The van der Waals surface area contributed by atoms with Gasteiger partial charge in [0, 0.05) is 6.04 Å². The summed E-state index contributed by atoms with van der Waals surface area (Å²) in [7, 11) is 0. The molecule has 0 heterocycles. The monoisotopic (exact) mass is 242 g/mol. The van der Waals surface area contributed by atoms with Crippen LogP contribution in [-0.2, 0) is 0 Å². The van der Waals surface area contributed by atoms with Gasteiger partial charge >= 0.3 is 0 Å². The normalized spacial score (nSPS) is 24.7. The molecule has 0 amide bonds. The van der Waals surface area contributed by atoms with Crippen molar-refractivity contribution in [2.45, 2.75) is 25.3 Å². The van der Waals surface area contributed by atoms with Crippen LogP contribution in [-0.4, -0.2) is 12.6 Å². The first-order valence-corrected chi connectivity index (χ1v) is 6.00. The van der Waals surface area contributed by atoms with Crippen LogP contribution in [0, 0.1) is 11.7 Å². The van der Waals surface area contributed by atoms with Crippen molar-refractivity contribution in [2.75, 3.05) is 11.9 Å². The Morgan fingerprint density at radius 1 is 1.44 bits per heavy atom. The van der Waals surface area contributed by atoms with E-state index in [1.54, 1.807) is 18.2 Å². The van der Waals surface area contributed by atoms with Crippen LogP contribution in [0.25, 0.3) is 0 Å². The average molecular weight is 243 g/mol. The summed E-state index contributed by atoms with van der Waals surface area (Å²) in [6, 6.07) is 5.29. The van der Waals surface area contributed by atoms with Gasteiger partial charge in [-0.25, -0.2) is 4.39 Å². The third-order valence-corrected chi connectivity index (χ3v) is 3.55. The van der Waals surface area contributed by atoms with Crippen LogP contribution >= 0.6 is 11.6 Å². The summed E-state index contributed by atoms with van der Waals surface area (Å²) in [5.41, 5.74) is 6.17. The lowest BCUT2D eigenvalue weighted by atomic mass is 10.0. The van der Waals surface area contributed by atoms with E-state index in [2.05, 4.69) is 5.32 Å². The predicted molar refractivity (Wildman–Crippen MR) is 65.2 cm³/mol. The van der Waals surface area contributed by atoms with Gasteiger partial charge in [-0.1, -0.05) is 24.1 Å². The summed E-state index contributed by atoms with van der Waals surface area (Å²) in [6.07, 6.45) is 3.33. The second kappa shape index (κ2) is 5.02. The number of benzene rings is 1. The molecule has 0 radical (unpaired) electrons.